The fourth-order valence-electron chi connectivity index (χ4n) is 5.29. The number of nitrogens with one attached hydrogen (secondary N) is 3. The fraction of sp³-hybridized carbons (Fsp3) is 0.216. The van der Waals surface area contributed by atoms with Crippen molar-refractivity contribution in [3.05, 3.63) is 130 Å². The third kappa shape index (κ3) is 9.29. The van der Waals surface area contributed by atoms with Gasteiger partial charge in [0.1, 0.15) is 11.9 Å². The molecule has 12 heteroatoms. The van der Waals surface area contributed by atoms with Crippen LogP contribution in [0.2, 0.25) is 0 Å². The number of ether oxygens (including phenoxy) is 1. The molecule has 1 aliphatic carbocycles. The van der Waals surface area contributed by atoms with Gasteiger partial charge < -0.3 is 20.7 Å². The Morgan fingerprint density at radius 1 is 0.837 bits per heavy atom. The summed E-state index contributed by atoms with van der Waals surface area (Å²) >= 11 is 7.39. The van der Waals surface area contributed by atoms with E-state index >= 15 is 0 Å². The number of carbonyl (C=O) groups is 5. The summed E-state index contributed by atoms with van der Waals surface area (Å²) in [7, 11) is 0. The molecule has 0 saturated heterocycles. The number of Topliss-reactive ketones (excluding diaryl/α,β-unsaturated/α-hetero) is 1. The predicted molar refractivity (Wildman–Crippen MR) is 190 cm³/mol. The zero-order valence-corrected chi connectivity index (χ0v) is 28.1. The minimum absolute atomic E-state index is 0.0791. The van der Waals surface area contributed by atoms with Gasteiger partial charge in [-0.2, -0.15) is 0 Å². The molecular formula is C37H35ClN4O6S. The number of hydrogen-bond acceptors (Lipinski definition) is 8. The first-order chi connectivity index (χ1) is 23.9. The second-order valence-corrected chi connectivity index (χ2v) is 12.3. The van der Waals surface area contributed by atoms with Crippen LogP contribution in [0.3, 0.4) is 0 Å². The molecule has 0 saturated carbocycles. The normalized spacial score (nSPS) is 12.8. The fourth-order valence-corrected chi connectivity index (χ4v) is 6.24. The van der Waals surface area contributed by atoms with Crippen molar-refractivity contribution in [1.82, 2.24) is 10.6 Å². The van der Waals surface area contributed by atoms with Crippen LogP contribution in [0, 0.1) is 0 Å². The third-order valence-corrected chi connectivity index (χ3v) is 8.83. The van der Waals surface area contributed by atoms with E-state index < -0.39 is 11.9 Å². The quantitative estimate of drug-likeness (QED) is 0.107. The van der Waals surface area contributed by atoms with Crippen molar-refractivity contribution in [2.45, 2.75) is 18.9 Å². The summed E-state index contributed by atoms with van der Waals surface area (Å²) in [5.74, 6) is -1.86. The van der Waals surface area contributed by atoms with Gasteiger partial charge in [-0.3, -0.25) is 28.9 Å². The molecule has 4 aromatic rings. The highest BCUT2D eigenvalue weighted by Crippen LogP contribution is 2.32. The van der Waals surface area contributed by atoms with E-state index in [1.165, 1.54) is 22.3 Å². The molecule has 1 aromatic heterocycles. The monoisotopic (exact) mass is 698 g/mol. The molecule has 5 rings (SSSR count). The van der Waals surface area contributed by atoms with Crippen LogP contribution in [0.15, 0.2) is 108 Å². The van der Waals surface area contributed by atoms with E-state index in [4.69, 9.17) is 16.3 Å². The van der Waals surface area contributed by atoms with Crippen LogP contribution in [0.1, 0.15) is 43.6 Å². The molecular weight excluding hydrogens is 664 g/mol. The van der Waals surface area contributed by atoms with Gasteiger partial charge in [0.05, 0.1) is 25.3 Å². The second kappa shape index (κ2) is 17.3. The minimum Gasteiger partial charge on any atom is -0.379 e. The average Bonchev–Trinajstić information content (AvgIpc) is 3.66. The summed E-state index contributed by atoms with van der Waals surface area (Å²) in [5.41, 5.74) is 3.00. The first kappa shape index (κ1) is 35.2. The van der Waals surface area contributed by atoms with Crippen LogP contribution in [0.4, 0.5) is 11.4 Å². The number of carbonyl (C=O) groups excluding carboxylic acids is 5. The van der Waals surface area contributed by atoms with Crippen molar-refractivity contribution in [3.8, 4) is 0 Å². The number of ketones is 2. The zero-order valence-electron chi connectivity index (χ0n) is 26.5. The summed E-state index contributed by atoms with van der Waals surface area (Å²) in [4.78, 5) is 66.3. The van der Waals surface area contributed by atoms with Gasteiger partial charge in [-0.15, -0.1) is 22.9 Å². The van der Waals surface area contributed by atoms with E-state index in [1.54, 1.807) is 54.6 Å². The van der Waals surface area contributed by atoms with Crippen LogP contribution in [-0.2, 0) is 25.5 Å². The number of rotatable bonds is 16. The van der Waals surface area contributed by atoms with Gasteiger partial charge in [0.2, 0.25) is 23.5 Å². The summed E-state index contributed by atoms with van der Waals surface area (Å²) in [5, 5.41) is 10.6. The van der Waals surface area contributed by atoms with E-state index in [9.17, 15) is 24.0 Å². The maximum absolute atomic E-state index is 13.6. The maximum Gasteiger partial charge on any atom is 0.248 e. The molecule has 0 spiro atoms. The molecule has 3 aromatic carbocycles. The zero-order chi connectivity index (χ0) is 34.6. The van der Waals surface area contributed by atoms with E-state index in [0.29, 0.717) is 40.3 Å². The first-order valence-electron chi connectivity index (χ1n) is 15.7. The lowest BCUT2D eigenvalue weighted by Crippen LogP contribution is -2.44. The Balaban J connectivity index is 1.12. The van der Waals surface area contributed by atoms with E-state index in [1.807, 2.05) is 41.8 Å². The van der Waals surface area contributed by atoms with Crippen molar-refractivity contribution < 1.29 is 28.7 Å². The summed E-state index contributed by atoms with van der Waals surface area (Å²) in [6.07, 6.45) is 2.01. The van der Waals surface area contributed by atoms with Gasteiger partial charge in [0.25, 0.3) is 0 Å². The predicted octanol–water partition coefficient (Wildman–Crippen LogP) is 5.32. The molecule has 3 amide bonds. The topological polar surface area (TPSA) is 134 Å². The molecule has 3 N–H and O–H groups in total. The molecule has 1 unspecified atom stereocenters. The first-order valence-corrected chi connectivity index (χ1v) is 17.1. The summed E-state index contributed by atoms with van der Waals surface area (Å²) in [6, 6.07) is 25.8. The van der Waals surface area contributed by atoms with Gasteiger partial charge in [0, 0.05) is 46.5 Å². The number of alkyl halides is 1. The molecule has 0 aliphatic heterocycles. The number of anilines is 2. The van der Waals surface area contributed by atoms with Crippen molar-refractivity contribution >= 4 is 63.6 Å². The highest BCUT2D eigenvalue weighted by molar-refractivity contribution is 7.10. The number of fused-ring (bicyclic) bond motifs is 1. The summed E-state index contributed by atoms with van der Waals surface area (Å²) in [6.45, 7) is 1.04. The number of thiophene rings is 1. The molecule has 0 fully saturated rings. The Bertz CT molecular complexity index is 1810. The van der Waals surface area contributed by atoms with Crippen molar-refractivity contribution in [2.75, 3.05) is 42.4 Å². The van der Waals surface area contributed by atoms with Gasteiger partial charge in [-0.1, -0.05) is 60.7 Å². The largest absolute Gasteiger partial charge is 0.379 e. The van der Waals surface area contributed by atoms with Crippen LogP contribution < -0.4 is 20.9 Å². The lowest BCUT2D eigenvalue weighted by molar-refractivity contribution is -0.125. The van der Waals surface area contributed by atoms with Gasteiger partial charge >= 0.3 is 0 Å². The molecule has 49 heavy (non-hydrogen) atoms. The molecule has 10 nitrogen and oxygen atoms in total. The van der Waals surface area contributed by atoms with E-state index in [0.717, 1.165) is 5.56 Å². The SMILES string of the molecule is O=C(CCOCCNC1=CC(=O)c2ccccc2C1=O)Nc1ccc(N(C(=O)CCl)C(C(=O)NCCc2ccccc2)c2cccs2)cc1. The average molecular weight is 699 g/mol. The highest BCUT2D eigenvalue weighted by Gasteiger charge is 2.33. The Kier molecular flexibility index (Phi) is 12.5. The molecule has 0 radical (unpaired) electrons. The number of halogens is 1. The number of nitrogens with zero attached hydrogens (tertiary/aromatic N) is 1. The smallest absolute Gasteiger partial charge is 0.248 e. The van der Waals surface area contributed by atoms with E-state index in [-0.39, 0.29) is 61.1 Å². The Labute approximate surface area is 293 Å². The van der Waals surface area contributed by atoms with E-state index in [2.05, 4.69) is 16.0 Å². The van der Waals surface area contributed by atoms with Crippen molar-refractivity contribution in [3.63, 3.8) is 0 Å². The summed E-state index contributed by atoms with van der Waals surface area (Å²) < 4.78 is 5.55. The van der Waals surface area contributed by atoms with Crippen LogP contribution >= 0.6 is 22.9 Å². The number of benzene rings is 3. The van der Waals surface area contributed by atoms with Crippen molar-refractivity contribution in [2.24, 2.45) is 0 Å². The molecule has 1 heterocycles. The minimum atomic E-state index is -0.932. The Hall–Kier alpha value is -5.10. The van der Waals surface area contributed by atoms with Gasteiger partial charge in [-0.05, 0) is 47.7 Å². The maximum atomic E-state index is 13.6. The molecule has 1 aliphatic rings. The van der Waals surface area contributed by atoms with Gasteiger partial charge in [0.15, 0.2) is 5.78 Å². The third-order valence-electron chi connectivity index (χ3n) is 7.68. The van der Waals surface area contributed by atoms with Gasteiger partial charge in [-0.25, -0.2) is 0 Å². The van der Waals surface area contributed by atoms with Crippen molar-refractivity contribution in [1.29, 1.82) is 0 Å². The Morgan fingerprint density at radius 2 is 1.57 bits per heavy atom. The molecule has 1 atom stereocenters. The van der Waals surface area contributed by atoms with Crippen LogP contribution in [0.5, 0.6) is 0 Å². The van der Waals surface area contributed by atoms with Crippen LogP contribution in [0.25, 0.3) is 0 Å². The molecule has 252 valence electrons. The highest BCUT2D eigenvalue weighted by atomic mass is 35.5. The lowest BCUT2D eigenvalue weighted by Gasteiger charge is -2.30. The number of hydrogen-bond donors (Lipinski definition) is 3. The molecule has 0 bridgehead atoms. The number of amides is 3. The van der Waals surface area contributed by atoms with Crippen LogP contribution in [-0.4, -0.2) is 61.5 Å². The lowest BCUT2D eigenvalue weighted by atomic mass is 9.93. The number of allylic oxidation sites excluding steroid dienone is 2. The Morgan fingerprint density at radius 3 is 2.29 bits per heavy atom. The standard InChI is InChI=1S/C37H35ClN4O6S/c38-24-34(45)42(35(32-11-6-22-49-32)37(47)40-18-16-25-7-2-1-3-8-25)27-14-12-26(13-15-27)41-33(44)17-20-48-21-19-39-30-23-31(43)28-9-4-5-10-29(28)36(30)46/h1-15,22-23,35,39H,16-21,24H2,(H,40,47)(H,41,44). The second-order valence-electron chi connectivity index (χ2n) is 11.0.